The molecule has 0 aliphatic rings. The Labute approximate surface area is 96.5 Å². The van der Waals surface area contributed by atoms with Gasteiger partial charge in [0.05, 0.1) is 12.2 Å². The van der Waals surface area contributed by atoms with Crippen LogP contribution in [0.1, 0.15) is 39.6 Å². The van der Waals surface area contributed by atoms with Crippen molar-refractivity contribution in [3.05, 3.63) is 12.2 Å². The molecule has 1 aromatic rings. The number of ether oxygens (including phenoxy) is 1. The van der Waals surface area contributed by atoms with E-state index in [1.165, 1.54) is 6.33 Å². The van der Waals surface area contributed by atoms with E-state index >= 15 is 0 Å². The summed E-state index contributed by atoms with van der Waals surface area (Å²) < 4.78 is 7.17. The minimum Gasteiger partial charge on any atom is -0.390 e. The van der Waals surface area contributed by atoms with Crippen LogP contribution in [0.4, 0.5) is 0 Å². The molecule has 1 N–H and O–H groups in total. The molecule has 92 valence electrons. The Balaban J connectivity index is 2.62. The maximum atomic E-state index is 9.92. The largest absolute Gasteiger partial charge is 0.390 e. The van der Waals surface area contributed by atoms with Crippen LogP contribution in [0.5, 0.6) is 0 Å². The van der Waals surface area contributed by atoms with Crippen molar-refractivity contribution in [2.45, 2.75) is 52.4 Å². The number of nitrogens with zero attached hydrogens (tertiary/aromatic N) is 3. The Kier molecular flexibility index (Phi) is 4.89. The Hall–Kier alpha value is -0.940. The first-order valence-electron chi connectivity index (χ1n) is 5.74. The van der Waals surface area contributed by atoms with Crippen LogP contribution < -0.4 is 0 Å². The summed E-state index contributed by atoms with van der Waals surface area (Å²) in [6, 6.07) is 0.257. The maximum Gasteiger partial charge on any atom is 0.138 e. The third-order valence-corrected chi connectivity index (χ3v) is 2.50. The van der Waals surface area contributed by atoms with Crippen LogP contribution in [0.15, 0.2) is 6.33 Å². The fourth-order valence-electron chi connectivity index (χ4n) is 1.58. The van der Waals surface area contributed by atoms with Crippen molar-refractivity contribution >= 4 is 0 Å². The predicted octanol–water partition coefficient (Wildman–Crippen LogP) is 1.19. The fraction of sp³-hybridized carbons (Fsp3) is 0.818. The second-order valence-corrected chi connectivity index (χ2v) is 4.15. The van der Waals surface area contributed by atoms with Gasteiger partial charge in [-0.05, 0) is 27.7 Å². The Morgan fingerprint density at radius 3 is 2.69 bits per heavy atom. The predicted molar refractivity (Wildman–Crippen MR) is 61.2 cm³/mol. The van der Waals surface area contributed by atoms with Gasteiger partial charge in [0.2, 0.25) is 0 Å². The summed E-state index contributed by atoms with van der Waals surface area (Å²) in [6.07, 6.45) is 1.27. The SMILES string of the molecule is CCOC(C)C(O)Cc1ncnn1C(C)C. The van der Waals surface area contributed by atoms with E-state index in [9.17, 15) is 5.11 Å². The summed E-state index contributed by atoms with van der Waals surface area (Å²) in [5, 5.41) is 14.0. The van der Waals surface area contributed by atoms with Crippen molar-refractivity contribution in [3.63, 3.8) is 0 Å². The third kappa shape index (κ3) is 3.28. The lowest BCUT2D eigenvalue weighted by molar-refractivity contribution is -0.0220. The lowest BCUT2D eigenvalue weighted by Gasteiger charge is -2.19. The normalized spacial score (nSPS) is 15.4. The summed E-state index contributed by atoms with van der Waals surface area (Å²) in [5.41, 5.74) is 0. The van der Waals surface area contributed by atoms with Crippen LogP contribution >= 0.6 is 0 Å². The van der Waals surface area contributed by atoms with Crippen LogP contribution in [0.25, 0.3) is 0 Å². The number of aromatic nitrogens is 3. The molecule has 1 rings (SSSR count). The molecule has 0 radical (unpaired) electrons. The number of aliphatic hydroxyl groups excluding tert-OH is 1. The standard InChI is InChI=1S/C11H21N3O2/c1-5-16-9(4)10(15)6-11-12-7-13-14(11)8(2)3/h7-10,15H,5-6H2,1-4H3. The number of aliphatic hydroxyl groups is 1. The van der Waals surface area contributed by atoms with E-state index < -0.39 is 6.10 Å². The van der Waals surface area contributed by atoms with Crippen molar-refractivity contribution in [2.24, 2.45) is 0 Å². The van der Waals surface area contributed by atoms with Gasteiger partial charge in [-0.2, -0.15) is 5.10 Å². The highest BCUT2D eigenvalue weighted by molar-refractivity contribution is 4.90. The maximum absolute atomic E-state index is 9.92. The Morgan fingerprint density at radius 1 is 1.44 bits per heavy atom. The highest BCUT2D eigenvalue weighted by atomic mass is 16.5. The summed E-state index contributed by atoms with van der Waals surface area (Å²) in [5.74, 6) is 0.800. The third-order valence-electron chi connectivity index (χ3n) is 2.50. The smallest absolute Gasteiger partial charge is 0.138 e. The molecule has 0 fully saturated rings. The molecule has 0 aliphatic heterocycles. The molecule has 5 nitrogen and oxygen atoms in total. The highest BCUT2D eigenvalue weighted by Gasteiger charge is 2.18. The van der Waals surface area contributed by atoms with Gasteiger partial charge in [0, 0.05) is 19.1 Å². The van der Waals surface area contributed by atoms with Crippen molar-refractivity contribution in [2.75, 3.05) is 6.61 Å². The van der Waals surface area contributed by atoms with Crippen molar-refractivity contribution in [1.29, 1.82) is 0 Å². The topological polar surface area (TPSA) is 60.2 Å². The van der Waals surface area contributed by atoms with E-state index in [2.05, 4.69) is 10.1 Å². The summed E-state index contributed by atoms with van der Waals surface area (Å²) in [6.45, 7) is 8.46. The molecule has 1 heterocycles. The summed E-state index contributed by atoms with van der Waals surface area (Å²) in [4.78, 5) is 4.16. The van der Waals surface area contributed by atoms with Crippen LogP contribution in [0.2, 0.25) is 0 Å². The van der Waals surface area contributed by atoms with Crippen LogP contribution in [0, 0.1) is 0 Å². The van der Waals surface area contributed by atoms with E-state index in [0.717, 1.165) is 5.82 Å². The molecule has 2 atom stereocenters. The molecular formula is C11H21N3O2. The summed E-state index contributed by atoms with van der Waals surface area (Å²) in [7, 11) is 0. The zero-order valence-electron chi connectivity index (χ0n) is 10.4. The molecule has 0 bridgehead atoms. The van der Waals surface area contributed by atoms with Gasteiger partial charge < -0.3 is 9.84 Å². The minimum absolute atomic E-state index is 0.178. The van der Waals surface area contributed by atoms with E-state index in [0.29, 0.717) is 13.0 Å². The monoisotopic (exact) mass is 227 g/mol. The first-order chi connectivity index (χ1) is 7.56. The molecule has 0 saturated heterocycles. The lowest BCUT2D eigenvalue weighted by Crippen LogP contribution is -2.29. The molecule has 0 spiro atoms. The first-order valence-corrected chi connectivity index (χ1v) is 5.74. The fourth-order valence-corrected chi connectivity index (χ4v) is 1.58. The van der Waals surface area contributed by atoms with E-state index in [-0.39, 0.29) is 12.1 Å². The molecule has 2 unspecified atom stereocenters. The number of hydrogen-bond acceptors (Lipinski definition) is 4. The van der Waals surface area contributed by atoms with E-state index in [4.69, 9.17) is 4.74 Å². The zero-order chi connectivity index (χ0) is 12.1. The van der Waals surface area contributed by atoms with E-state index in [1.54, 1.807) is 0 Å². The van der Waals surface area contributed by atoms with Gasteiger partial charge in [0.1, 0.15) is 12.2 Å². The molecular weight excluding hydrogens is 206 g/mol. The Bertz CT molecular complexity index is 312. The summed E-state index contributed by atoms with van der Waals surface area (Å²) >= 11 is 0. The van der Waals surface area contributed by atoms with Crippen molar-refractivity contribution in [3.8, 4) is 0 Å². The van der Waals surface area contributed by atoms with Crippen LogP contribution in [0.3, 0.4) is 0 Å². The number of hydrogen-bond donors (Lipinski definition) is 1. The zero-order valence-corrected chi connectivity index (χ0v) is 10.4. The van der Waals surface area contributed by atoms with Crippen LogP contribution in [-0.2, 0) is 11.2 Å². The van der Waals surface area contributed by atoms with Gasteiger partial charge in [-0.25, -0.2) is 9.67 Å². The van der Waals surface area contributed by atoms with Gasteiger partial charge in [-0.1, -0.05) is 0 Å². The lowest BCUT2D eigenvalue weighted by atomic mass is 10.1. The number of rotatable bonds is 6. The minimum atomic E-state index is -0.540. The van der Waals surface area contributed by atoms with Gasteiger partial charge in [0.25, 0.3) is 0 Å². The van der Waals surface area contributed by atoms with Crippen molar-refractivity contribution < 1.29 is 9.84 Å². The average Bonchev–Trinajstić information content (AvgIpc) is 2.66. The second kappa shape index (κ2) is 5.96. The highest BCUT2D eigenvalue weighted by Crippen LogP contribution is 2.10. The quantitative estimate of drug-likeness (QED) is 0.793. The van der Waals surface area contributed by atoms with Crippen molar-refractivity contribution in [1.82, 2.24) is 14.8 Å². The molecule has 16 heavy (non-hydrogen) atoms. The van der Waals surface area contributed by atoms with Gasteiger partial charge in [-0.3, -0.25) is 0 Å². The molecule has 1 aromatic heterocycles. The van der Waals surface area contributed by atoms with Crippen LogP contribution in [-0.4, -0.2) is 38.7 Å². The second-order valence-electron chi connectivity index (χ2n) is 4.15. The Morgan fingerprint density at radius 2 is 2.12 bits per heavy atom. The van der Waals surface area contributed by atoms with Gasteiger partial charge >= 0.3 is 0 Å². The molecule has 0 saturated carbocycles. The molecule has 0 amide bonds. The van der Waals surface area contributed by atoms with Gasteiger partial charge in [0.15, 0.2) is 0 Å². The first kappa shape index (κ1) is 13.1. The molecule has 5 heteroatoms. The van der Waals surface area contributed by atoms with E-state index in [1.807, 2.05) is 32.4 Å². The molecule has 0 aromatic carbocycles. The average molecular weight is 227 g/mol. The van der Waals surface area contributed by atoms with Gasteiger partial charge in [-0.15, -0.1) is 0 Å². The molecule has 0 aliphatic carbocycles.